The summed E-state index contributed by atoms with van der Waals surface area (Å²) in [6.45, 7) is 4.45. The van der Waals surface area contributed by atoms with Crippen LogP contribution >= 0.6 is 15.9 Å². The molecule has 0 radical (unpaired) electrons. The topological polar surface area (TPSA) is 20.2 Å². The van der Waals surface area contributed by atoms with E-state index in [4.69, 9.17) is 0 Å². The van der Waals surface area contributed by atoms with Gasteiger partial charge in [0, 0.05) is 12.0 Å². The number of aliphatic hydroxyl groups is 1. The Kier molecular flexibility index (Phi) is 4.85. The van der Waals surface area contributed by atoms with Crippen molar-refractivity contribution in [2.75, 3.05) is 0 Å². The van der Waals surface area contributed by atoms with Crippen molar-refractivity contribution in [1.29, 1.82) is 0 Å². The zero-order chi connectivity index (χ0) is 14.9. The first-order chi connectivity index (χ1) is 9.30. The van der Waals surface area contributed by atoms with Crippen LogP contribution in [0.15, 0.2) is 16.6 Å². The molecule has 1 atom stereocenters. The molecule has 0 saturated heterocycles. The largest absolute Gasteiger partial charge is 0.392 e. The number of halogens is 3. The van der Waals surface area contributed by atoms with E-state index in [1.807, 2.05) is 0 Å². The molecule has 1 fully saturated rings. The summed E-state index contributed by atoms with van der Waals surface area (Å²) < 4.78 is 27.9. The predicted octanol–water partition coefficient (Wildman–Crippen LogP) is 4.85. The van der Waals surface area contributed by atoms with E-state index in [0.29, 0.717) is 5.41 Å². The van der Waals surface area contributed by atoms with Crippen LogP contribution in [0.5, 0.6) is 0 Å². The van der Waals surface area contributed by atoms with Gasteiger partial charge in [0.05, 0.1) is 10.6 Å². The third-order valence-electron chi connectivity index (χ3n) is 4.48. The minimum Gasteiger partial charge on any atom is -0.392 e. The first-order valence-electron chi connectivity index (χ1n) is 7.10. The van der Waals surface area contributed by atoms with Crippen molar-refractivity contribution in [3.05, 3.63) is 33.8 Å². The number of rotatable bonds is 3. The Morgan fingerprint density at radius 2 is 1.90 bits per heavy atom. The highest BCUT2D eigenvalue weighted by Gasteiger charge is 2.31. The molecule has 1 N–H and O–H groups in total. The van der Waals surface area contributed by atoms with Crippen LogP contribution in [0.25, 0.3) is 0 Å². The molecule has 1 aromatic rings. The maximum atomic E-state index is 13.9. The Morgan fingerprint density at radius 3 is 2.50 bits per heavy atom. The van der Waals surface area contributed by atoms with Crippen LogP contribution in [0, 0.1) is 23.0 Å². The highest BCUT2D eigenvalue weighted by atomic mass is 79.9. The van der Waals surface area contributed by atoms with Gasteiger partial charge in [-0.1, -0.05) is 13.8 Å². The zero-order valence-corrected chi connectivity index (χ0v) is 13.5. The number of aliphatic hydroxyl groups excluding tert-OH is 1. The Hall–Kier alpha value is -0.480. The summed E-state index contributed by atoms with van der Waals surface area (Å²) in [5.74, 6) is -1.04. The molecule has 20 heavy (non-hydrogen) atoms. The number of hydrogen-bond acceptors (Lipinski definition) is 1. The normalized spacial score (nSPS) is 20.9. The second kappa shape index (κ2) is 6.10. The van der Waals surface area contributed by atoms with E-state index >= 15 is 0 Å². The molecule has 0 aromatic heterocycles. The van der Waals surface area contributed by atoms with Crippen molar-refractivity contribution in [3.8, 4) is 0 Å². The van der Waals surface area contributed by atoms with Crippen LogP contribution in [0.1, 0.15) is 45.1 Å². The van der Waals surface area contributed by atoms with E-state index in [1.165, 1.54) is 12.1 Å². The molecule has 1 aliphatic carbocycles. The van der Waals surface area contributed by atoms with Crippen molar-refractivity contribution in [3.63, 3.8) is 0 Å². The van der Waals surface area contributed by atoms with Crippen molar-refractivity contribution < 1.29 is 13.9 Å². The maximum absolute atomic E-state index is 13.9. The molecule has 4 heteroatoms. The van der Waals surface area contributed by atoms with E-state index in [1.54, 1.807) is 0 Å². The molecule has 1 aromatic carbocycles. The minimum absolute atomic E-state index is 0.0169. The summed E-state index contributed by atoms with van der Waals surface area (Å²) in [5.41, 5.74) is 0.305. The van der Waals surface area contributed by atoms with Gasteiger partial charge in [-0.15, -0.1) is 0 Å². The third kappa shape index (κ3) is 3.59. The van der Waals surface area contributed by atoms with Gasteiger partial charge in [-0.2, -0.15) is 0 Å². The first-order valence-corrected chi connectivity index (χ1v) is 7.90. The standard InChI is InChI=1S/C16H21BrF2O/c1-16(2)7-5-10(6-8-16)14(20)9-11-13(18)4-3-12(17)15(11)19/h3-4,10,14,20H,5-9H2,1-2H3. The molecule has 1 aliphatic rings. The molecule has 2 rings (SSSR count). The summed E-state index contributed by atoms with van der Waals surface area (Å²) in [5, 5.41) is 10.3. The lowest BCUT2D eigenvalue weighted by Gasteiger charge is -2.36. The molecule has 0 amide bonds. The molecule has 0 bridgehead atoms. The number of hydrogen-bond donors (Lipinski definition) is 1. The van der Waals surface area contributed by atoms with Gasteiger partial charge in [0.25, 0.3) is 0 Å². The lowest BCUT2D eigenvalue weighted by Crippen LogP contribution is -2.30. The average molecular weight is 347 g/mol. The molecule has 1 unspecified atom stereocenters. The highest BCUT2D eigenvalue weighted by Crippen LogP contribution is 2.40. The van der Waals surface area contributed by atoms with Crippen LogP contribution in [0.3, 0.4) is 0 Å². The molecule has 0 spiro atoms. The monoisotopic (exact) mass is 346 g/mol. The number of benzene rings is 1. The van der Waals surface area contributed by atoms with Gasteiger partial charge < -0.3 is 5.11 Å². The first kappa shape index (κ1) is 15.9. The Bertz CT molecular complexity index is 478. The summed E-state index contributed by atoms with van der Waals surface area (Å²) in [4.78, 5) is 0. The van der Waals surface area contributed by atoms with Gasteiger partial charge in [-0.25, -0.2) is 8.78 Å². The molecule has 0 heterocycles. The van der Waals surface area contributed by atoms with Crippen molar-refractivity contribution in [2.45, 2.75) is 52.1 Å². The van der Waals surface area contributed by atoms with Crippen molar-refractivity contribution >= 4 is 15.9 Å². The fourth-order valence-electron chi connectivity index (χ4n) is 2.94. The Balaban J connectivity index is 2.06. The van der Waals surface area contributed by atoms with Crippen LogP contribution in [-0.4, -0.2) is 11.2 Å². The van der Waals surface area contributed by atoms with Crippen LogP contribution in [0.2, 0.25) is 0 Å². The van der Waals surface area contributed by atoms with E-state index in [0.717, 1.165) is 25.7 Å². The summed E-state index contributed by atoms with van der Waals surface area (Å²) >= 11 is 3.06. The van der Waals surface area contributed by atoms with Crippen LogP contribution in [0.4, 0.5) is 8.78 Å². The third-order valence-corrected chi connectivity index (χ3v) is 5.09. The Morgan fingerprint density at radius 1 is 1.30 bits per heavy atom. The van der Waals surface area contributed by atoms with Gasteiger partial charge in [0.1, 0.15) is 11.6 Å². The van der Waals surface area contributed by atoms with E-state index < -0.39 is 17.7 Å². The van der Waals surface area contributed by atoms with E-state index in [-0.39, 0.29) is 22.4 Å². The molecular formula is C16H21BrF2O. The smallest absolute Gasteiger partial charge is 0.143 e. The van der Waals surface area contributed by atoms with Crippen molar-refractivity contribution in [2.24, 2.45) is 11.3 Å². The predicted molar refractivity (Wildman–Crippen MR) is 79.5 cm³/mol. The second-order valence-corrected chi connectivity index (χ2v) is 7.45. The summed E-state index contributed by atoms with van der Waals surface area (Å²) in [6, 6.07) is 2.59. The molecular weight excluding hydrogens is 326 g/mol. The lowest BCUT2D eigenvalue weighted by molar-refractivity contribution is 0.0564. The van der Waals surface area contributed by atoms with Crippen molar-refractivity contribution in [1.82, 2.24) is 0 Å². The second-order valence-electron chi connectivity index (χ2n) is 6.59. The Labute approximate surface area is 127 Å². The molecule has 112 valence electrons. The fraction of sp³-hybridized carbons (Fsp3) is 0.625. The average Bonchev–Trinajstić information content (AvgIpc) is 2.39. The van der Waals surface area contributed by atoms with Gasteiger partial charge in [-0.05, 0) is 65.1 Å². The lowest BCUT2D eigenvalue weighted by atomic mass is 9.71. The quantitative estimate of drug-likeness (QED) is 0.775. The highest BCUT2D eigenvalue weighted by molar-refractivity contribution is 9.10. The maximum Gasteiger partial charge on any atom is 0.143 e. The van der Waals surface area contributed by atoms with Gasteiger partial charge in [0.2, 0.25) is 0 Å². The molecule has 1 saturated carbocycles. The summed E-state index contributed by atoms with van der Waals surface area (Å²) in [7, 11) is 0. The molecule has 0 aliphatic heterocycles. The zero-order valence-electron chi connectivity index (χ0n) is 11.9. The fourth-order valence-corrected chi connectivity index (χ4v) is 3.31. The molecule has 1 nitrogen and oxygen atoms in total. The SMILES string of the molecule is CC1(C)CCC(C(O)Cc2c(F)ccc(Br)c2F)CC1. The van der Waals surface area contributed by atoms with Gasteiger partial charge >= 0.3 is 0 Å². The summed E-state index contributed by atoms with van der Waals surface area (Å²) in [6.07, 6.45) is 3.32. The van der Waals surface area contributed by atoms with Crippen LogP contribution in [-0.2, 0) is 6.42 Å². The minimum atomic E-state index is -0.676. The van der Waals surface area contributed by atoms with Gasteiger partial charge in [0.15, 0.2) is 0 Å². The van der Waals surface area contributed by atoms with E-state index in [2.05, 4.69) is 29.8 Å². The van der Waals surface area contributed by atoms with Gasteiger partial charge in [-0.3, -0.25) is 0 Å². The van der Waals surface area contributed by atoms with Crippen LogP contribution < -0.4 is 0 Å². The van der Waals surface area contributed by atoms with E-state index in [9.17, 15) is 13.9 Å².